The molecule has 112 valence electrons. The van der Waals surface area contributed by atoms with Gasteiger partial charge in [0.2, 0.25) is 0 Å². The van der Waals surface area contributed by atoms with Crippen molar-refractivity contribution in [3.63, 3.8) is 0 Å². The fourth-order valence-corrected chi connectivity index (χ4v) is 2.23. The quantitative estimate of drug-likeness (QED) is 0.822. The molecule has 5 nitrogen and oxygen atoms in total. The zero-order chi connectivity index (χ0) is 15.1. The van der Waals surface area contributed by atoms with Crippen molar-refractivity contribution in [2.75, 3.05) is 13.6 Å². The molecule has 2 aromatic rings. The van der Waals surface area contributed by atoms with Crippen molar-refractivity contribution in [2.24, 2.45) is 0 Å². The molecule has 0 saturated carbocycles. The summed E-state index contributed by atoms with van der Waals surface area (Å²) < 4.78 is 5.70. The van der Waals surface area contributed by atoms with Crippen LogP contribution >= 0.6 is 11.3 Å². The van der Waals surface area contributed by atoms with Gasteiger partial charge in [0.05, 0.1) is 16.8 Å². The average molecular weight is 305 g/mol. The number of carbonyl (C=O) groups is 1. The third-order valence-corrected chi connectivity index (χ3v) is 3.69. The van der Waals surface area contributed by atoms with Crippen molar-refractivity contribution in [3.05, 3.63) is 46.4 Å². The topological polar surface area (TPSA) is 63.2 Å². The van der Waals surface area contributed by atoms with Gasteiger partial charge in [-0.05, 0) is 26.1 Å². The summed E-state index contributed by atoms with van der Waals surface area (Å²) in [5.74, 6) is 0.436. The number of hydrogen-bond acceptors (Lipinski definition) is 5. The van der Waals surface area contributed by atoms with Gasteiger partial charge in [0, 0.05) is 18.0 Å². The molecule has 1 aromatic heterocycles. The van der Waals surface area contributed by atoms with Crippen LogP contribution in [0.25, 0.3) is 0 Å². The van der Waals surface area contributed by atoms with Crippen LogP contribution in [0, 0.1) is 0 Å². The van der Waals surface area contributed by atoms with E-state index in [0.29, 0.717) is 24.5 Å². The minimum absolute atomic E-state index is 0.133. The monoisotopic (exact) mass is 305 g/mol. The Balaban J connectivity index is 2.00. The fraction of sp³-hybridized carbons (Fsp3) is 0.333. The molecular weight excluding hydrogens is 286 g/mol. The summed E-state index contributed by atoms with van der Waals surface area (Å²) in [7, 11) is 1.86. The molecule has 0 radical (unpaired) electrons. The SMILES string of the molecule is CNC(C)CNC(=O)c1ccccc1OCc1cscn1. The highest BCUT2D eigenvalue weighted by molar-refractivity contribution is 7.07. The summed E-state index contributed by atoms with van der Waals surface area (Å²) in [6.45, 7) is 2.93. The molecule has 21 heavy (non-hydrogen) atoms. The fourth-order valence-electron chi connectivity index (χ4n) is 1.68. The molecular formula is C15H19N3O2S. The number of benzene rings is 1. The normalized spacial score (nSPS) is 11.9. The van der Waals surface area contributed by atoms with Crippen LogP contribution in [0.2, 0.25) is 0 Å². The maximum Gasteiger partial charge on any atom is 0.255 e. The largest absolute Gasteiger partial charge is 0.486 e. The van der Waals surface area contributed by atoms with Crippen LogP contribution < -0.4 is 15.4 Å². The molecule has 6 heteroatoms. The smallest absolute Gasteiger partial charge is 0.255 e. The van der Waals surface area contributed by atoms with Crippen LogP contribution in [0.4, 0.5) is 0 Å². The molecule has 0 fully saturated rings. The summed E-state index contributed by atoms with van der Waals surface area (Å²) >= 11 is 1.52. The van der Waals surface area contributed by atoms with Gasteiger partial charge in [-0.1, -0.05) is 12.1 Å². The van der Waals surface area contributed by atoms with Gasteiger partial charge in [-0.3, -0.25) is 4.79 Å². The second-order valence-electron chi connectivity index (χ2n) is 4.66. The number of thiazole rings is 1. The van der Waals surface area contributed by atoms with Crippen LogP contribution in [-0.4, -0.2) is 30.5 Å². The van der Waals surface area contributed by atoms with Gasteiger partial charge in [0.1, 0.15) is 12.4 Å². The lowest BCUT2D eigenvalue weighted by molar-refractivity contribution is 0.0946. The van der Waals surface area contributed by atoms with Crippen molar-refractivity contribution < 1.29 is 9.53 Å². The summed E-state index contributed by atoms with van der Waals surface area (Å²) in [6, 6.07) is 7.45. The first-order valence-electron chi connectivity index (χ1n) is 6.75. The molecule has 1 heterocycles. The number of ether oxygens (including phenoxy) is 1. The van der Waals surface area contributed by atoms with E-state index in [9.17, 15) is 4.79 Å². The molecule has 1 aromatic carbocycles. The number of carbonyl (C=O) groups excluding carboxylic acids is 1. The molecule has 0 spiro atoms. The summed E-state index contributed by atoms with van der Waals surface area (Å²) in [4.78, 5) is 16.4. The molecule has 0 saturated heterocycles. The number of aromatic nitrogens is 1. The Morgan fingerprint density at radius 3 is 2.95 bits per heavy atom. The average Bonchev–Trinajstić information content (AvgIpc) is 3.04. The van der Waals surface area contributed by atoms with E-state index in [-0.39, 0.29) is 11.9 Å². The number of hydrogen-bond donors (Lipinski definition) is 2. The number of amides is 1. The maximum atomic E-state index is 12.2. The summed E-state index contributed by atoms with van der Waals surface area (Å²) in [5.41, 5.74) is 3.16. The Kier molecular flexibility index (Phi) is 5.71. The van der Waals surface area contributed by atoms with E-state index >= 15 is 0 Å². The van der Waals surface area contributed by atoms with Gasteiger partial charge in [-0.15, -0.1) is 11.3 Å². The first kappa shape index (κ1) is 15.5. The van der Waals surface area contributed by atoms with Crippen LogP contribution in [-0.2, 0) is 6.61 Å². The first-order valence-corrected chi connectivity index (χ1v) is 7.69. The minimum Gasteiger partial charge on any atom is -0.486 e. The number of likely N-dealkylation sites (N-methyl/N-ethyl adjacent to an activating group) is 1. The maximum absolute atomic E-state index is 12.2. The van der Waals surface area contributed by atoms with Gasteiger partial charge >= 0.3 is 0 Å². The zero-order valence-corrected chi connectivity index (χ0v) is 12.9. The molecule has 1 unspecified atom stereocenters. The van der Waals surface area contributed by atoms with E-state index in [1.807, 2.05) is 31.5 Å². The second kappa shape index (κ2) is 7.75. The molecule has 0 aliphatic heterocycles. The lowest BCUT2D eigenvalue weighted by atomic mass is 10.2. The van der Waals surface area contributed by atoms with Crippen LogP contribution in [0.3, 0.4) is 0 Å². The Hall–Kier alpha value is -1.92. The highest BCUT2D eigenvalue weighted by Gasteiger charge is 2.12. The summed E-state index contributed by atoms with van der Waals surface area (Å²) in [5, 5.41) is 7.89. The lowest BCUT2D eigenvalue weighted by Crippen LogP contribution is -2.37. The van der Waals surface area contributed by atoms with E-state index in [4.69, 9.17) is 4.74 Å². The predicted octanol–water partition coefficient (Wildman–Crippen LogP) is 2.06. The number of nitrogens with zero attached hydrogens (tertiary/aromatic N) is 1. The van der Waals surface area contributed by atoms with E-state index in [0.717, 1.165) is 5.69 Å². The molecule has 1 amide bonds. The van der Waals surface area contributed by atoms with Crippen molar-refractivity contribution >= 4 is 17.2 Å². The Morgan fingerprint density at radius 2 is 2.24 bits per heavy atom. The van der Waals surface area contributed by atoms with Crippen LogP contribution in [0.5, 0.6) is 5.75 Å². The van der Waals surface area contributed by atoms with Crippen LogP contribution in [0.1, 0.15) is 23.0 Å². The Labute approximate surface area is 128 Å². The zero-order valence-electron chi connectivity index (χ0n) is 12.1. The Morgan fingerprint density at radius 1 is 1.43 bits per heavy atom. The van der Waals surface area contributed by atoms with Crippen LogP contribution in [0.15, 0.2) is 35.2 Å². The third-order valence-electron chi connectivity index (χ3n) is 3.05. The molecule has 0 aliphatic carbocycles. The van der Waals surface area contributed by atoms with Gasteiger partial charge in [-0.2, -0.15) is 0 Å². The van der Waals surface area contributed by atoms with Crippen molar-refractivity contribution in [2.45, 2.75) is 19.6 Å². The molecule has 2 rings (SSSR count). The minimum atomic E-state index is -0.133. The van der Waals surface area contributed by atoms with Gasteiger partial charge < -0.3 is 15.4 Å². The van der Waals surface area contributed by atoms with Gasteiger partial charge in [0.15, 0.2) is 0 Å². The molecule has 2 N–H and O–H groups in total. The Bertz CT molecular complexity index is 572. The predicted molar refractivity (Wildman–Crippen MR) is 83.7 cm³/mol. The van der Waals surface area contributed by atoms with E-state index in [1.165, 1.54) is 11.3 Å². The second-order valence-corrected chi connectivity index (χ2v) is 5.38. The summed E-state index contributed by atoms with van der Waals surface area (Å²) in [6.07, 6.45) is 0. The van der Waals surface area contributed by atoms with E-state index in [2.05, 4.69) is 15.6 Å². The highest BCUT2D eigenvalue weighted by Crippen LogP contribution is 2.19. The van der Waals surface area contributed by atoms with Gasteiger partial charge in [-0.25, -0.2) is 4.98 Å². The van der Waals surface area contributed by atoms with Gasteiger partial charge in [0.25, 0.3) is 5.91 Å². The van der Waals surface area contributed by atoms with Crippen molar-refractivity contribution in [1.29, 1.82) is 0 Å². The van der Waals surface area contributed by atoms with E-state index < -0.39 is 0 Å². The van der Waals surface area contributed by atoms with Crippen molar-refractivity contribution in [3.8, 4) is 5.75 Å². The lowest BCUT2D eigenvalue weighted by Gasteiger charge is -2.13. The number of nitrogens with one attached hydrogen (secondary N) is 2. The number of rotatable bonds is 7. The van der Waals surface area contributed by atoms with E-state index in [1.54, 1.807) is 17.6 Å². The third kappa shape index (κ3) is 4.54. The first-order chi connectivity index (χ1) is 10.2. The highest BCUT2D eigenvalue weighted by atomic mass is 32.1. The molecule has 0 bridgehead atoms. The van der Waals surface area contributed by atoms with Crippen molar-refractivity contribution in [1.82, 2.24) is 15.6 Å². The molecule has 1 atom stereocenters. The standard InChI is InChI=1S/C15H19N3O2S/c1-11(16-2)7-17-15(19)13-5-3-4-6-14(13)20-8-12-9-21-10-18-12/h3-6,9-11,16H,7-8H2,1-2H3,(H,17,19). The molecule has 0 aliphatic rings. The number of para-hydroxylation sites is 1.